The maximum absolute atomic E-state index is 13.5. The van der Waals surface area contributed by atoms with Crippen molar-refractivity contribution in [3.8, 4) is 16.9 Å². The molecule has 4 rings (SSSR count). The lowest BCUT2D eigenvalue weighted by atomic mass is 9.65. The van der Waals surface area contributed by atoms with Crippen LogP contribution in [0.2, 0.25) is 0 Å². The minimum atomic E-state index is 0.141. The van der Waals surface area contributed by atoms with Crippen LogP contribution in [0.1, 0.15) is 61.5 Å². The number of carbonyl (C=O) groups excluding carboxylic acids is 1. The SMILES string of the molecule is COc1cc(C(=O)N2C[C@]3(C)C[C@H]2CC(C)(C)C3)ccc1-c1c(C)cccc1C. The maximum atomic E-state index is 13.5. The van der Waals surface area contributed by atoms with Crippen LogP contribution in [-0.4, -0.2) is 30.5 Å². The molecule has 0 spiro atoms. The Morgan fingerprint density at radius 3 is 2.41 bits per heavy atom. The van der Waals surface area contributed by atoms with Gasteiger partial charge in [-0.25, -0.2) is 0 Å². The zero-order valence-corrected chi connectivity index (χ0v) is 18.6. The quantitative estimate of drug-likeness (QED) is 0.640. The van der Waals surface area contributed by atoms with E-state index in [1.165, 1.54) is 23.1 Å². The minimum absolute atomic E-state index is 0.141. The first-order chi connectivity index (χ1) is 13.6. The number of fused-ring (bicyclic) bond motifs is 2. The van der Waals surface area contributed by atoms with Gasteiger partial charge in [0.25, 0.3) is 5.91 Å². The lowest BCUT2D eigenvalue weighted by Crippen LogP contribution is -2.37. The van der Waals surface area contributed by atoms with Gasteiger partial charge in [-0.05, 0) is 78.8 Å². The van der Waals surface area contributed by atoms with E-state index in [2.05, 4.69) is 63.8 Å². The van der Waals surface area contributed by atoms with Crippen LogP contribution in [0.4, 0.5) is 0 Å². The van der Waals surface area contributed by atoms with Crippen molar-refractivity contribution in [1.82, 2.24) is 4.90 Å². The van der Waals surface area contributed by atoms with Gasteiger partial charge < -0.3 is 9.64 Å². The van der Waals surface area contributed by atoms with Crippen molar-refractivity contribution in [2.24, 2.45) is 10.8 Å². The minimum Gasteiger partial charge on any atom is -0.496 e. The van der Waals surface area contributed by atoms with E-state index >= 15 is 0 Å². The van der Waals surface area contributed by atoms with E-state index in [0.29, 0.717) is 11.5 Å². The smallest absolute Gasteiger partial charge is 0.254 e. The van der Waals surface area contributed by atoms with Gasteiger partial charge in [0.1, 0.15) is 5.75 Å². The summed E-state index contributed by atoms with van der Waals surface area (Å²) in [5, 5.41) is 0. The second-order valence-electron chi connectivity index (χ2n) is 10.3. The monoisotopic (exact) mass is 391 g/mol. The van der Waals surface area contributed by atoms with Gasteiger partial charge in [-0.2, -0.15) is 0 Å². The van der Waals surface area contributed by atoms with Gasteiger partial charge in [-0.15, -0.1) is 0 Å². The third-order valence-electron chi connectivity index (χ3n) is 6.87. The van der Waals surface area contributed by atoms with E-state index in [1.807, 2.05) is 12.1 Å². The van der Waals surface area contributed by atoms with Gasteiger partial charge in [-0.3, -0.25) is 4.79 Å². The summed E-state index contributed by atoms with van der Waals surface area (Å²) < 4.78 is 5.73. The molecule has 1 amide bonds. The molecule has 0 N–H and O–H groups in total. The third kappa shape index (κ3) is 3.56. The van der Waals surface area contributed by atoms with Crippen LogP contribution in [-0.2, 0) is 0 Å². The van der Waals surface area contributed by atoms with Crippen molar-refractivity contribution < 1.29 is 9.53 Å². The number of aryl methyl sites for hydroxylation is 2. The average molecular weight is 392 g/mol. The zero-order valence-electron chi connectivity index (χ0n) is 18.6. The van der Waals surface area contributed by atoms with Crippen LogP contribution >= 0.6 is 0 Å². The largest absolute Gasteiger partial charge is 0.496 e. The van der Waals surface area contributed by atoms with Crippen molar-refractivity contribution in [3.05, 3.63) is 53.1 Å². The molecule has 2 fully saturated rings. The van der Waals surface area contributed by atoms with E-state index in [1.54, 1.807) is 7.11 Å². The first-order valence-corrected chi connectivity index (χ1v) is 10.7. The molecule has 1 aliphatic heterocycles. The topological polar surface area (TPSA) is 29.5 Å². The highest BCUT2D eigenvalue weighted by atomic mass is 16.5. The number of ether oxygens (including phenoxy) is 1. The molecule has 1 heterocycles. The van der Waals surface area contributed by atoms with Crippen LogP contribution < -0.4 is 4.74 Å². The Balaban J connectivity index is 1.68. The third-order valence-corrected chi connectivity index (χ3v) is 6.87. The maximum Gasteiger partial charge on any atom is 0.254 e. The standard InChI is InChI=1S/C26H33NO2/c1-17-8-7-9-18(2)23(17)21-11-10-19(12-22(21)29-6)24(28)27-16-26(5)14-20(27)13-25(3,4)15-26/h7-12,20H,13-16H2,1-6H3/t20-,26-/m1/s1. The predicted molar refractivity (Wildman–Crippen MR) is 118 cm³/mol. The Morgan fingerprint density at radius 1 is 1.07 bits per heavy atom. The number of likely N-dealkylation sites (tertiary alicyclic amines) is 1. The summed E-state index contributed by atoms with van der Waals surface area (Å²) in [5.41, 5.74) is 5.94. The number of hydrogen-bond donors (Lipinski definition) is 0. The van der Waals surface area contributed by atoms with Crippen molar-refractivity contribution >= 4 is 5.91 Å². The van der Waals surface area contributed by atoms with Gasteiger partial charge in [0.2, 0.25) is 0 Å². The molecule has 0 radical (unpaired) electrons. The van der Waals surface area contributed by atoms with Crippen molar-refractivity contribution in [2.45, 2.75) is 59.9 Å². The van der Waals surface area contributed by atoms with Crippen LogP contribution in [0, 0.1) is 24.7 Å². The molecule has 2 bridgehead atoms. The highest BCUT2D eigenvalue weighted by molar-refractivity contribution is 5.96. The number of nitrogens with zero attached hydrogens (tertiary/aromatic N) is 1. The molecule has 154 valence electrons. The summed E-state index contributed by atoms with van der Waals surface area (Å²) >= 11 is 0. The summed E-state index contributed by atoms with van der Waals surface area (Å²) in [7, 11) is 1.69. The van der Waals surface area contributed by atoms with Crippen LogP contribution in [0.3, 0.4) is 0 Å². The summed E-state index contributed by atoms with van der Waals surface area (Å²) in [6.45, 7) is 12.1. The normalized spacial score (nSPS) is 25.2. The molecule has 29 heavy (non-hydrogen) atoms. The highest BCUT2D eigenvalue weighted by Crippen LogP contribution is 2.52. The fourth-order valence-electron chi connectivity index (χ4n) is 6.13. The van der Waals surface area contributed by atoms with Gasteiger partial charge in [0.15, 0.2) is 0 Å². The highest BCUT2D eigenvalue weighted by Gasteiger charge is 2.51. The Hall–Kier alpha value is -2.29. The Kier molecular flexibility index (Phi) is 4.76. The predicted octanol–water partition coefficient (Wildman–Crippen LogP) is 6.02. The molecule has 3 heteroatoms. The van der Waals surface area contributed by atoms with Crippen molar-refractivity contribution in [3.63, 3.8) is 0 Å². The van der Waals surface area contributed by atoms with E-state index in [-0.39, 0.29) is 11.3 Å². The molecule has 2 aromatic rings. The number of amides is 1. The Labute approximate surface area is 175 Å². The number of benzene rings is 2. The second kappa shape index (κ2) is 6.90. The zero-order chi connectivity index (χ0) is 21.0. The molecule has 2 atom stereocenters. The first-order valence-electron chi connectivity index (χ1n) is 10.7. The Bertz CT molecular complexity index is 941. The number of methoxy groups -OCH3 is 1. The van der Waals surface area contributed by atoms with Crippen molar-refractivity contribution in [1.29, 1.82) is 0 Å². The molecule has 2 aliphatic rings. The van der Waals surface area contributed by atoms with E-state index in [9.17, 15) is 4.79 Å². The molecule has 0 unspecified atom stereocenters. The molecular weight excluding hydrogens is 358 g/mol. The van der Waals surface area contributed by atoms with E-state index in [4.69, 9.17) is 4.74 Å². The van der Waals surface area contributed by atoms with E-state index < -0.39 is 0 Å². The molecule has 1 saturated heterocycles. The number of hydrogen-bond acceptors (Lipinski definition) is 2. The lowest BCUT2D eigenvalue weighted by molar-refractivity contribution is 0.0708. The second-order valence-corrected chi connectivity index (χ2v) is 10.3. The lowest BCUT2D eigenvalue weighted by Gasteiger charge is -2.39. The molecule has 3 nitrogen and oxygen atoms in total. The number of rotatable bonds is 3. The molecular formula is C26H33NO2. The van der Waals surface area contributed by atoms with Crippen LogP contribution in [0.5, 0.6) is 5.75 Å². The summed E-state index contributed by atoms with van der Waals surface area (Å²) in [5.74, 6) is 0.907. The number of carbonyl (C=O) groups is 1. The van der Waals surface area contributed by atoms with Crippen LogP contribution in [0.25, 0.3) is 11.1 Å². The molecule has 0 aromatic heterocycles. The van der Waals surface area contributed by atoms with Crippen molar-refractivity contribution in [2.75, 3.05) is 13.7 Å². The fourth-order valence-corrected chi connectivity index (χ4v) is 6.13. The van der Waals surface area contributed by atoms with Gasteiger partial charge in [0, 0.05) is 23.7 Å². The van der Waals surface area contributed by atoms with Gasteiger partial charge in [0.05, 0.1) is 7.11 Å². The molecule has 2 aromatic carbocycles. The summed E-state index contributed by atoms with van der Waals surface area (Å²) in [6, 6.07) is 12.6. The average Bonchev–Trinajstić information content (AvgIpc) is 2.89. The van der Waals surface area contributed by atoms with Gasteiger partial charge in [-0.1, -0.05) is 39.0 Å². The van der Waals surface area contributed by atoms with Gasteiger partial charge >= 0.3 is 0 Å². The molecule has 1 saturated carbocycles. The molecule has 1 aliphatic carbocycles. The Morgan fingerprint density at radius 2 is 1.76 bits per heavy atom. The summed E-state index contributed by atoms with van der Waals surface area (Å²) in [4.78, 5) is 15.6. The van der Waals surface area contributed by atoms with Crippen LogP contribution in [0.15, 0.2) is 36.4 Å². The summed E-state index contributed by atoms with van der Waals surface area (Å²) in [6.07, 6.45) is 3.40. The van der Waals surface area contributed by atoms with E-state index in [0.717, 1.165) is 36.3 Å². The first kappa shape index (κ1) is 20.0. The fraction of sp³-hybridized carbons (Fsp3) is 0.500.